The fourth-order valence-electron chi connectivity index (χ4n) is 1.68. The lowest BCUT2D eigenvalue weighted by Crippen LogP contribution is -2.59. The largest absolute Gasteiger partial charge is 0.378 e. The summed E-state index contributed by atoms with van der Waals surface area (Å²) in [5.41, 5.74) is 0. The first-order valence-corrected chi connectivity index (χ1v) is 3.30. The standard InChI is InChI=1S/C6H11NO/c8-6-5-2-1-3-7(6)4-5/h5-6,8H,1-4H2. The summed E-state index contributed by atoms with van der Waals surface area (Å²) in [5, 5.41) is 9.15. The van der Waals surface area contributed by atoms with Gasteiger partial charge in [-0.3, -0.25) is 4.90 Å². The molecule has 3 atom stereocenters. The van der Waals surface area contributed by atoms with Crippen LogP contribution in [0, 0.1) is 5.92 Å². The van der Waals surface area contributed by atoms with Crippen molar-refractivity contribution in [1.82, 2.24) is 4.90 Å². The lowest BCUT2D eigenvalue weighted by molar-refractivity contribution is -0.155. The fraction of sp³-hybridized carbons (Fsp3) is 1.00. The fourth-order valence-corrected chi connectivity index (χ4v) is 1.68. The van der Waals surface area contributed by atoms with E-state index < -0.39 is 0 Å². The third-order valence-corrected chi connectivity index (χ3v) is 2.29. The van der Waals surface area contributed by atoms with Crippen LogP contribution in [0.25, 0.3) is 0 Å². The third-order valence-electron chi connectivity index (χ3n) is 2.29. The van der Waals surface area contributed by atoms with Crippen molar-refractivity contribution in [1.29, 1.82) is 0 Å². The molecule has 3 rings (SSSR count). The van der Waals surface area contributed by atoms with Gasteiger partial charge in [0.1, 0.15) is 6.23 Å². The molecule has 0 aromatic carbocycles. The highest BCUT2D eigenvalue weighted by molar-refractivity contribution is 4.88. The minimum Gasteiger partial charge on any atom is -0.378 e. The Labute approximate surface area is 49.1 Å². The minimum absolute atomic E-state index is 0.0660. The molecule has 3 unspecified atom stereocenters. The second kappa shape index (κ2) is 1.45. The van der Waals surface area contributed by atoms with Crippen molar-refractivity contribution in [2.75, 3.05) is 13.1 Å². The number of fused-ring (bicyclic) bond motifs is 2. The molecule has 2 bridgehead atoms. The molecule has 0 radical (unpaired) electrons. The Morgan fingerprint density at radius 3 is 2.62 bits per heavy atom. The van der Waals surface area contributed by atoms with Crippen LogP contribution in [0.3, 0.4) is 0 Å². The molecule has 3 saturated heterocycles. The molecule has 0 saturated carbocycles. The molecular formula is C6H11NO. The molecule has 3 heterocycles. The average molecular weight is 113 g/mol. The maximum atomic E-state index is 9.15. The zero-order valence-corrected chi connectivity index (χ0v) is 4.88. The Morgan fingerprint density at radius 2 is 2.38 bits per heavy atom. The lowest BCUT2D eigenvalue weighted by atomic mass is 9.87. The van der Waals surface area contributed by atoms with Gasteiger partial charge in [0.25, 0.3) is 0 Å². The molecule has 0 spiro atoms. The first kappa shape index (κ1) is 4.77. The van der Waals surface area contributed by atoms with E-state index in [2.05, 4.69) is 4.90 Å². The summed E-state index contributed by atoms with van der Waals surface area (Å²) in [5.74, 6) is 0.628. The Kier molecular flexibility index (Phi) is 0.866. The van der Waals surface area contributed by atoms with E-state index in [1.54, 1.807) is 0 Å². The molecule has 2 heteroatoms. The molecule has 46 valence electrons. The van der Waals surface area contributed by atoms with Crippen LogP contribution in [0.4, 0.5) is 0 Å². The number of rotatable bonds is 0. The summed E-state index contributed by atoms with van der Waals surface area (Å²) >= 11 is 0. The summed E-state index contributed by atoms with van der Waals surface area (Å²) in [6, 6.07) is 0. The molecule has 1 N–H and O–H groups in total. The van der Waals surface area contributed by atoms with E-state index in [1.807, 2.05) is 0 Å². The second-order valence-corrected chi connectivity index (χ2v) is 2.81. The minimum atomic E-state index is -0.0660. The van der Waals surface area contributed by atoms with Crippen LogP contribution >= 0.6 is 0 Å². The first-order chi connectivity index (χ1) is 3.88. The normalized spacial score (nSPS) is 52.9. The molecule has 0 aromatic heterocycles. The van der Waals surface area contributed by atoms with E-state index >= 15 is 0 Å². The van der Waals surface area contributed by atoms with Gasteiger partial charge in [-0.1, -0.05) is 0 Å². The van der Waals surface area contributed by atoms with Crippen LogP contribution < -0.4 is 0 Å². The highest BCUT2D eigenvalue weighted by Crippen LogP contribution is 2.31. The van der Waals surface area contributed by atoms with Crippen molar-refractivity contribution in [2.24, 2.45) is 5.92 Å². The molecule has 8 heavy (non-hydrogen) atoms. The summed E-state index contributed by atoms with van der Waals surface area (Å²) in [6.45, 7) is 2.28. The maximum absolute atomic E-state index is 9.15. The molecule has 0 amide bonds. The van der Waals surface area contributed by atoms with Crippen LogP contribution in [-0.2, 0) is 0 Å². The van der Waals surface area contributed by atoms with Crippen LogP contribution in [0.5, 0.6) is 0 Å². The van der Waals surface area contributed by atoms with Gasteiger partial charge in [-0.2, -0.15) is 0 Å². The Balaban J connectivity index is 2.03. The summed E-state index contributed by atoms with van der Waals surface area (Å²) < 4.78 is 0. The van der Waals surface area contributed by atoms with Crippen molar-refractivity contribution in [2.45, 2.75) is 19.1 Å². The van der Waals surface area contributed by atoms with Crippen molar-refractivity contribution in [3.8, 4) is 0 Å². The van der Waals surface area contributed by atoms with Crippen LogP contribution in [0.2, 0.25) is 0 Å². The molecule has 3 aliphatic heterocycles. The van der Waals surface area contributed by atoms with Gasteiger partial charge in [0, 0.05) is 19.0 Å². The number of aliphatic hydroxyl groups is 1. The van der Waals surface area contributed by atoms with Crippen molar-refractivity contribution in [3.63, 3.8) is 0 Å². The van der Waals surface area contributed by atoms with Crippen molar-refractivity contribution >= 4 is 0 Å². The van der Waals surface area contributed by atoms with E-state index in [9.17, 15) is 0 Å². The summed E-state index contributed by atoms with van der Waals surface area (Å²) in [6.07, 6.45) is 2.48. The maximum Gasteiger partial charge on any atom is 0.111 e. The van der Waals surface area contributed by atoms with E-state index in [0.29, 0.717) is 5.92 Å². The first-order valence-electron chi connectivity index (χ1n) is 3.30. The van der Waals surface area contributed by atoms with Gasteiger partial charge in [-0.25, -0.2) is 0 Å². The monoisotopic (exact) mass is 113 g/mol. The molecule has 3 fully saturated rings. The van der Waals surface area contributed by atoms with Gasteiger partial charge in [0.15, 0.2) is 0 Å². The highest BCUT2D eigenvalue weighted by Gasteiger charge is 2.39. The summed E-state index contributed by atoms with van der Waals surface area (Å²) in [7, 11) is 0. The summed E-state index contributed by atoms with van der Waals surface area (Å²) in [4.78, 5) is 2.13. The Hall–Kier alpha value is -0.0800. The smallest absolute Gasteiger partial charge is 0.111 e. The molecule has 0 aromatic rings. The Bertz CT molecular complexity index is 90.7. The predicted octanol–water partition coefficient (Wildman–Crippen LogP) is 0.0304. The quantitative estimate of drug-likeness (QED) is 0.479. The SMILES string of the molecule is OC1C2CCCN1C2. The van der Waals surface area contributed by atoms with Crippen LogP contribution in [0.15, 0.2) is 0 Å². The lowest BCUT2D eigenvalue weighted by Gasteiger charge is -2.49. The van der Waals surface area contributed by atoms with Gasteiger partial charge in [-0.15, -0.1) is 0 Å². The number of piperidine rings is 2. The number of aliphatic hydroxyl groups excluding tert-OH is 1. The molecular weight excluding hydrogens is 102 g/mol. The van der Waals surface area contributed by atoms with Gasteiger partial charge in [0.05, 0.1) is 0 Å². The number of nitrogens with zero attached hydrogens (tertiary/aromatic N) is 1. The highest BCUT2D eigenvalue weighted by atomic mass is 16.3. The Morgan fingerprint density at radius 1 is 1.50 bits per heavy atom. The van der Waals surface area contributed by atoms with E-state index in [1.165, 1.54) is 12.8 Å². The molecule has 2 nitrogen and oxygen atoms in total. The number of hydrogen-bond acceptors (Lipinski definition) is 2. The number of hydrogen-bond donors (Lipinski definition) is 1. The zero-order valence-electron chi connectivity index (χ0n) is 4.88. The second-order valence-electron chi connectivity index (χ2n) is 2.81. The van der Waals surface area contributed by atoms with E-state index in [0.717, 1.165) is 13.1 Å². The predicted molar refractivity (Wildman–Crippen MR) is 30.3 cm³/mol. The van der Waals surface area contributed by atoms with Gasteiger partial charge < -0.3 is 5.11 Å². The van der Waals surface area contributed by atoms with Gasteiger partial charge >= 0.3 is 0 Å². The van der Waals surface area contributed by atoms with E-state index in [-0.39, 0.29) is 6.23 Å². The zero-order chi connectivity index (χ0) is 5.56. The third kappa shape index (κ3) is 0.446. The average Bonchev–Trinajstić information content (AvgIpc) is 1.89. The van der Waals surface area contributed by atoms with E-state index in [4.69, 9.17) is 5.11 Å². The molecule has 0 aliphatic carbocycles. The van der Waals surface area contributed by atoms with Crippen LogP contribution in [0.1, 0.15) is 12.8 Å². The van der Waals surface area contributed by atoms with Crippen molar-refractivity contribution < 1.29 is 5.11 Å². The van der Waals surface area contributed by atoms with Gasteiger partial charge in [-0.05, 0) is 12.8 Å². The van der Waals surface area contributed by atoms with Crippen molar-refractivity contribution in [3.05, 3.63) is 0 Å². The van der Waals surface area contributed by atoms with Crippen LogP contribution in [-0.4, -0.2) is 29.3 Å². The molecule has 3 aliphatic rings. The van der Waals surface area contributed by atoms with Gasteiger partial charge in [0.2, 0.25) is 0 Å². The topological polar surface area (TPSA) is 23.5 Å².